The van der Waals surface area contributed by atoms with Crippen LogP contribution < -0.4 is 35.3 Å². The maximum Gasteiger partial charge on any atom is 0.333 e. The summed E-state index contributed by atoms with van der Waals surface area (Å²) in [5.41, 5.74) is 16.0. The minimum atomic E-state index is -4.32. The van der Waals surface area contributed by atoms with Crippen molar-refractivity contribution in [2.45, 2.75) is 105 Å². The number of amides is 4. The molecule has 0 saturated heterocycles. The van der Waals surface area contributed by atoms with Crippen LogP contribution in [0.5, 0.6) is 11.8 Å². The highest BCUT2D eigenvalue weighted by atomic mass is 32.2. The molecule has 2 aliphatic heterocycles. The standard InChI is InChI=1S/C42H52N10O8S2/c1-50(2)28-11-12-59-39-35(18-45-52(39)21-28)61(55,56)48-41(53)46-37-31-8-4-6-25(31)15-34-29(9-10-32(34)37)27-14-26-13-24-5-3-7-30(24)38(33(26)16-27)47-42(54)49-62(57,58)36-19-44-51-20-23(17-43)22-60-40(36)51/h13,15,18-19,23,27-29H,3-12,14,16-17,20-22,43H2,1-2H3,(H2,46,48,53)(H2,47,49,54). The van der Waals surface area contributed by atoms with Gasteiger partial charge in [0, 0.05) is 29.9 Å². The molecule has 0 spiro atoms. The van der Waals surface area contributed by atoms with Crippen LogP contribution in [0.2, 0.25) is 0 Å². The number of ether oxygens (including phenoxy) is 2. The number of carbonyl (C=O) groups is 2. The minimum Gasteiger partial charge on any atom is -0.477 e. The van der Waals surface area contributed by atoms with Crippen molar-refractivity contribution in [2.24, 2.45) is 17.6 Å². The van der Waals surface area contributed by atoms with E-state index in [4.69, 9.17) is 15.2 Å². The minimum absolute atomic E-state index is 0.00701. The smallest absolute Gasteiger partial charge is 0.333 e. The molecule has 62 heavy (non-hydrogen) atoms. The fourth-order valence-electron chi connectivity index (χ4n) is 10.7. The normalized spacial score (nSPS) is 22.3. The summed E-state index contributed by atoms with van der Waals surface area (Å²) in [6.45, 7) is 1.83. The Morgan fingerprint density at radius 3 is 2.02 bits per heavy atom. The molecule has 0 bridgehead atoms. The van der Waals surface area contributed by atoms with Crippen molar-refractivity contribution in [1.29, 1.82) is 0 Å². The van der Waals surface area contributed by atoms with Gasteiger partial charge in [-0.05, 0) is 141 Å². The number of hydrogen-bond donors (Lipinski definition) is 5. The lowest BCUT2D eigenvalue weighted by molar-refractivity contribution is 0.164. The highest BCUT2D eigenvalue weighted by Crippen LogP contribution is 2.51. The number of hydrogen-bond acceptors (Lipinski definition) is 12. The molecule has 4 atom stereocenters. The predicted molar refractivity (Wildman–Crippen MR) is 228 cm³/mol. The maximum atomic E-state index is 13.7. The molecule has 0 fully saturated rings. The first kappa shape index (κ1) is 40.9. The Labute approximate surface area is 360 Å². The molecule has 4 heterocycles. The van der Waals surface area contributed by atoms with Gasteiger partial charge in [0.15, 0.2) is 9.79 Å². The molecule has 6 N–H and O–H groups in total. The van der Waals surface area contributed by atoms with Gasteiger partial charge in [-0.25, -0.2) is 45.2 Å². The fraction of sp³-hybridized carbons (Fsp3) is 0.524. The number of sulfonamides is 2. The van der Waals surface area contributed by atoms with Gasteiger partial charge in [0.2, 0.25) is 11.8 Å². The average molecular weight is 889 g/mol. The summed E-state index contributed by atoms with van der Waals surface area (Å²) in [4.78, 5) is 29.0. The third-order valence-corrected chi connectivity index (χ3v) is 16.4. The number of nitrogens with two attached hydrogens (primary N) is 1. The van der Waals surface area contributed by atoms with E-state index in [1.165, 1.54) is 38.4 Å². The number of rotatable bonds is 9. The molecule has 4 amide bonds. The van der Waals surface area contributed by atoms with Crippen molar-refractivity contribution in [1.82, 2.24) is 33.9 Å². The van der Waals surface area contributed by atoms with Crippen molar-refractivity contribution in [3.8, 4) is 11.8 Å². The van der Waals surface area contributed by atoms with Gasteiger partial charge < -0.3 is 30.7 Å². The molecule has 20 heteroatoms. The van der Waals surface area contributed by atoms with Gasteiger partial charge in [0.25, 0.3) is 20.0 Å². The molecular formula is C42H52N10O8S2. The van der Waals surface area contributed by atoms with Crippen LogP contribution in [0.3, 0.4) is 0 Å². The lowest BCUT2D eigenvalue weighted by atomic mass is 9.84. The Morgan fingerprint density at radius 2 is 1.37 bits per heavy atom. The number of fused-ring (bicyclic) bond motifs is 6. The zero-order chi connectivity index (χ0) is 43.1. The summed E-state index contributed by atoms with van der Waals surface area (Å²) < 4.78 is 73.4. The number of likely N-dealkylation sites (N-methyl/N-ethyl adjacent to an activating group) is 1. The SMILES string of the molecule is CN(C)C1CCOc2c(S(=O)(=O)NC(=O)Nc3c4c(cc5c3CCC5C3Cc5cc6c(c(NC(=O)NS(=O)(=O)c7cnn8c7OCC(CN)C8)c5C3)CCC6)CCC4)cnn2C1. The van der Waals surface area contributed by atoms with Crippen LogP contribution in [0.4, 0.5) is 21.0 Å². The van der Waals surface area contributed by atoms with E-state index in [1.54, 1.807) is 0 Å². The summed E-state index contributed by atoms with van der Waals surface area (Å²) in [5, 5.41) is 14.4. The molecule has 18 nitrogen and oxygen atoms in total. The number of aromatic nitrogens is 4. The van der Waals surface area contributed by atoms with E-state index in [1.807, 2.05) is 14.1 Å². The van der Waals surface area contributed by atoms with Crippen LogP contribution in [-0.2, 0) is 78.1 Å². The third-order valence-electron chi connectivity index (χ3n) is 13.8. The van der Waals surface area contributed by atoms with Crippen molar-refractivity contribution < 1.29 is 35.9 Å². The topological polar surface area (TPSA) is 234 Å². The summed E-state index contributed by atoms with van der Waals surface area (Å²) >= 11 is 0. The summed E-state index contributed by atoms with van der Waals surface area (Å²) in [6.07, 6.45) is 11.4. The Morgan fingerprint density at radius 1 is 0.758 bits per heavy atom. The Bertz CT molecular complexity index is 2730. The quantitative estimate of drug-likeness (QED) is 0.163. The molecule has 6 aliphatic rings. The van der Waals surface area contributed by atoms with Crippen LogP contribution in [0.1, 0.15) is 76.1 Å². The highest BCUT2D eigenvalue weighted by Gasteiger charge is 2.40. The van der Waals surface area contributed by atoms with Gasteiger partial charge >= 0.3 is 12.1 Å². The van der Waals surface area contributed by atoms with Crippen LogP contribution in [0, 0.1) is 11.8 Å². The van der Waals surface area contributed by atoms with Crippen LogP contribution in [0.15, 0.2) is 34.3 Å². The molecule has 4 aromatic rings. The average Bonchev–Trinajstić information content (AvgIpc) is 4.08. The summed E-state index contributed by atoms with van der Waals surface area (Å²) in [5.74, 6) is 0.567. The Kier molecular flexibility index (Phi) is 10.3. The fourth-order valence-corrected chi connectivity index (χ4v) is 12.7. The second kappa shape index (κ2) is 15.6. The van der Waals surface area contributed by atoms with E-state index in [0.29, 0.717) is 50.5 Å². The monoisotopic (exact) mass is 888 g/mol. The van der Waals surface area contributed by atoms with E-state index in [0.717, 1.165) is 85.6 Å². The van der Waals surface area contributed by atoms with Gasteiger partial charge in [0.1, 0.15) is 0 Å². The zero-order valence-electron chi connectivity index (χ0n) is 34.8. The number of carbonyl (C=O) groups excluding carboxylic acids is 2. The molecule has 0 saturated carbocycles. The van der Waals surface area contributed by atoms with Gasteiger partial charge in [0.05, 0.1) is 38.7 Å². The molecule has 330 valence electrons. The second-order valence-electron chi connectivity index (χ2n) is 17.8. The van der Waals surface area contributed by atoms with Crippen molar-refractivity contribution in [3.05, 3.63) is 69.0 Å². The Hall–Kier alpha value is -5.18. The summed E-state index contributed by atoms with van der Waals surface area (Å²) in [6, 6.07) is 3.00. The van der Waals surface area contributed by atoms with Crippen molar-refractivity contribution in [3.63, 3.8) is 0 Å². The lowest BCUT2D eigenvalue weighted by Crippen LogP contribution is -2.36. The van der Waals surface area contributed by atoms with E-state index in [2.05, 4.69) is 47.3 Å². The van der Waals surface area contributed by atoms with Gasteiger partial charge in [-0.15, -0.1) is 0 Å². The van der Waals surface area contributed by atoms with E-state index < -0.39 is 32.1 Å². The predicted octanol–water partition coefficient (Wildman–Crippen LogP) is 3.20. The van der Waals surface area contributed by atoms with Crippen molar-refractivity contribution >= 4 is 43.5 Å². The van der Waals surface area contributed by atoms with Gasteiger partial charge in [-0.1, -0.05) is 12.1 Å². The van der Waals surface area contributed by atoms with Crippen LogP contribution >= 0.6 is 0 Å². The third kappa shape index (κ3) is 7.17. The van der Waals surface area contributed by atoms with Gasteiger partial charge in [-0.3, -0.25) is 0 Å². The Balaban J connectivity index is 0.873. The molecule has 2 aromatic carbocycles. The molecule has 4 aliphatic carbocycles. The number of anilines is 2. The molecule has 0 radical (unpaired) electrons. The first-order chi connectivity index (χ1) is 29.8. The number of aryl methyl sites for hydroxylation is 2. The van der Waals surface area contributed by atoms with Crippen LogP contribution in [-0.4, -0.2) is 93.3 Å². The maximum absolute atomic E-state index is 13.7. The van der Waals surface area contributed by atoms with Crippen molar-refractivity contribution in [2.75, 3.05) is 44.5 Å². The molecule has 2 aromatic heterocycles. The largest absolute Gasteiger partial charge is 0.477 e. The lowest BCUT2D eigenvalue weighted by Gasteiger charge is -2.23. The first-order valence-electron chi connectivity index (χ1n) is 21.5. The van der Waals surface area contributed by atoms with Gasteiger partial charge in [-0.2, -0.15) is 10.2 Å². The molecule has 4 unspecified atom stereocenters. The van der Waals surface area contributed by atoms with Crippen LogP contribution in [0.25, 0.3) is 0 Å². The second-order valence-corrected chi connectivity index (χ2v) is 21.1. The highest BCUT2D eigenvalue weighted by molar-refractivity contribution is 7.90. The molecule has 10 rings (SSSR count). The molecular weight excluding hydrogens is 837 g/mol. The summed E-state index contributed by atoms with van der Waals surface area (Å²) in [7, 11) is -4.73. The first-order valence-corrected chi connectivity index (χ1v) is 24.5. The number of urea groups is 2. The number of nitrogens with zero attached hydrogens (tertiary/aromatic N) is 5. The van der Waals surface area contributed by atoms with E-state index in [9.17, 15) is 26.4 Å². The number of nitrogens with one attached hydrogen (secondary N) is 4. The zero-order valence-corrected chi connectivity index (χ0v) is 36.5. The number of benzene rings is 2. The van der Waals surface area contributed by atoms with E-state index >= 15 is 0 Å². The van der Waals surface area contributed by atoms with E-state index in [-0.39, 0.29) is 52.0 Å².